The average molecular weight is 263 g/mol. The van der Waals surface area contributed by atoms with E-state index >= 15 is 0 Å². The molecule has 1 fully saturated rings. The Bertz CT molecular complexity index is 379. The normalized spacial score (nSPS) is 20.8. The summed E-state index contributed by atoms with van der Waals surface area (Å²) in [5.74, 6) is 0. The molecule has 2 atom stereocenters. The van der Waals surface area contributed by atoms with Crippen molar-refractivity contribution in [3.63, 3.8) is 0 Å². The smallest absolute Gasteiger partial charge is 0.0572 e. The van der Waals surface area contributed by atoms with Crippen LogP contribution < -0.4 is 10.6 Å². The molecule has 0 bridgehead atoms. The van der Waals surface area contributed by atoms with Crippen molar-refractivity contribution in [3.05, 3.63) is 24.0 Å². The van der Waals surface area contributed by atoms with Crippen LogP contribution in [0.1, 0.15) is 50.8 Å². The van der Waals surface area contributed by atoms with E-state index in [0.717, 1.165) is 31.5 Å². The molecular weight excluding hydrogens is 238 g/mol. The van der Waals surface area contributed by atoms with Gasteiger partial charge in [0.1, 0.15) is 0 Å². The van der Waals surface area contributed by atoms with Crippen molar-refractivity contribution in [2.75, 3.05) is 18.1 Å². The maximum atomic E-state index is 8.96. The van der Waals surface area contributed by atoms with Crippen LogP contribution in [0.2, 0.25) is 0 Å². The Hall–Kier alpha value is -1.13. The summed E-state index contributed by atoms with van der Waals surface area (Å²) in [7, 11) is 0. The van der Waals surface area contributed by atoms with Crippen molar-refractivity contribution in [3.8, 4) is 0 Å². The zero-order valence-corrected chi connectivity index (χ0v) is 11.8. The van der Waals surface area contributed by atoms with Crippen LogP contribution >= 0.6 is 0 Å². The fourth-order valence-electron chi connectivity index (χ4n) is 2.80. The topological polar surface area (TPSA) is 62.4 Å². The Morgan fingerprint density at radius 3 is 3.00 bits per heavy atom. The summed E-state index contributed by atoms with van der Waals surface area (Å²) in [5.41, 5.74) is 8.14. The molecule has 1 aliphatic heterocycles. The molecule has 4 nitrogen and oxygen atoms in total. The van der Waals surface area contributed by atoms with Gasteiger partial charge in [-0.1, -0.05) is 6.92 Å². The maximum absolute atomic E-state index is 8.96. The monoisotopic (exact) mass is 263 g/mol. The Labute approximate surface area is 115 Å². The van der Waals surface area contributed by atoms with Gasteiger partial charge in [-0.15, -0.1) is 0 Å². The summed E-state index contributed by atoms with van der Waals surface area (Å²) in [6.07, 6.45) is 7.25. The number of nitrogens with zero attached hydrogens (tertiary/aromatic N) is 2. The van der Waals surface area contributed by atoms with Crippen LogP contribution in [0.3, 0.4) is 0 Å². The summed E-state index contributed by atoms with van der Waals surface area (Å²) >= 11 is 0. The van der Waals surface area contributed by atoms with Crippen LogP contribution in [-0.2, 0) is 0 Å². The highest BCUT2D eigenvalue weighted by Gasteiger charge is 2.24. The average Bonchev–Trinajstić information content (AvgIpc) is 2.92. The third-order valence-corrected chi connectivity index (χ3v) is 3.99. The number of hydrogen-bond acceptors (Lipinski definition) is 4. The van der Waals surface area contributed by atoms with E-state index < -0.39 is 0 Å². The lowest BCUT2D eigenvalue weighted by atomic mass is 10.1. The lowest BCUT2D eigenvalue weighted by Gasteiger charge is -2.26. The second-order valence-corrected chi connectivity index (χ2v) is 5.31. The van der Waals surface area contributed by atoms with E-state index in [4.69, 9.17) is 10.8 Å². The molecule has 1 aliphatic rings. The SMILES string of the molecule is CC[C@@H](N)c1ccc(N2CCCC2CCCO)cn1. The van der Waals surface area contributed by atoms with Crippen LogP contribution in [0.5, 0.6) is 0 Å². The zero-order chi connectivity index (χ0) is 13.7. The highest BCUT2D eigenvalue weighted by atomic mass is 16.2. The van der Waals surface area contributed by atoms with Gasteiger partial charge in [-0.3, -0.25) is 4.98 Å². The molecule has 1 aromatic heterocycles. The summed E-state index contributed by atoms with van der Waals surface area (Å²) in [6.45, 7) is 3.45. The van der Waals surface area contributed by atoms with Crippen LogP contribution in [0.25, 0.3) is 0 Å². The molecule has 1 unspecified atom stereocenters. The van der Waals surface area contributed by atoms with Gasteiger partial charge in [0, 0.05) is 25.2 Å². The van der Waals surface area contributed by atoms with E-state index in [0.29, 0.717) is 6.04 Å². The Kier molecular flexibility index (Phi) is 5.16. The first kappa shape index (κ1) is 14.3. The van der Waals surface area contributed by atoms with Crippen molar-refractivity contribution < 1.29 is 5.11 Å². The number of rotatable bonds is 6. The minimum absolute atomic E-state index is 0.0396. The van der Waals surface area contributed by atoms with E-state index in [1.165, 1.54) is 18.5 Å². The van der Waals surface area contributed by atoms with Crippen molar-refractivity contribution in [2.45, 2.75) is 51.1 Å². The third kappa shape index (κ3) is 3.45. The van der Waals surface area contributed by atoms with Gasteiger partial charge in [-0.05, 0) is 44.2 Å². The molecule has 19 heavy (non-hydrogen) atoms. The molecule has 3 N–H and O–H groups in total. The predicted octanol–water partition coefficient (Wildman–Crippen LogP) is 2.23. The Morgan fingerprint density at radius 2 is 2.37 bits per heavy atom. The molecule has 0 aromatic carbocycles. The standard InChI is InChI=1S/C15H25N3O/c1-2-14(16)15-8-7-13(11-17-15)18-9-3-5-12(18)6-4-10-19/h7-8,11-12,14,19H,2-6,9-10,16H2,1H3/t12?,14-/m1/s1. The van der Waals surface area contributed by atoms with Crippen LogP contribution in [0.4, 0.5) is 5.69 Å². The van der Waals surface area contributed by atoms with Gasteiger partial charge < -0.3 is 15.7 Å². The van der Waals surface area contributed by atoms with E-state index in [2.05, 4.69) is 22.9 Å². The van der Waals surface area contributed by atoms with Gasteiger partial charge in [0.2, 0.25) is 0 Å². The van der Waals surface area contributed by atoms with Gasteiger partial charge in [-0.25, -0.2) is 0 Å². The fourth-order valence-corrected chi connectivity index (χ4v) is 2.80. The van der Waals surface area contributed by atoms with Crippen molar-refractivity contribution in [1.29, 1.82) is 0 Å². The van der Waals surface area contributed by atoms with Crippen LogP contribution in [-0.4, -0.2) is 29.3 Å². The molecule has 1 aromatic rings. The molecule has 0 aliphatic carbocycles. The lowest BCUT2D eigenvalue weighted by molar-refractivity contribution is 0.279. The van der Waals surface area contributed by atoms with E-state index in [1.54, 1.807) is 0 Å². The predicted molar refractivity (Wildman–Crippen MR) is 78.1 cm³/mol. The lowest BCUT2D eigenvalue weighted by Crippen LogP contribution is -2.29. The molecule has 4 heteroatoms. The van der Waals surface area contributed by atoms with Gasteiger partial charge >= 0.3 is 0 Å². The molecule has 2 rings (SSSR count). The molecule has 2 heterocycles. The highest BCUT2D eigenvalue weighted by Crippen LogP contribution is 2.28. The zero-order valence-electron chi connectivity index (χ0n) is 11.8. The van der Waals surface area contributed by atoms with E-state index in [1.807, 2.05) is 12.3 Å². The van der Waals surface area contributed by atoms with Gasteiger partial charge in [0.15, 0.2) is 0 Å². The quantitative estimate of drug-likeness (QED) is 0.826. The molecule has 0 radical (unpaired) electrons. The minimum atomic E-state index is 0.0396. The summed E-state index contributed by atoms with van der Waals surface area (Å²) in [4.78, 5) is 6.91. The molecular formula is C15H25N3O. The fraction of sp³-hybridized carbons (Fsp3) is 0.667. The summed E-state index contributed by atoms with van der Waals surface area (Å²) < 4.78 is 0. The van der Waals surface area contributed by atoms with E-state index in [-0.39, 0.29) is 12.6 Å². The summed E-state index contributed by atoms with van der Waals surface area (Å²) in [5, 5.41) is 8.96. The Morgan fingerprint density at radius 1 is 1.53 bits per heavy atom. The number of aliphatic hydroxyl groups is 1. The van der Waals surface area contributed by atoms with Gasteiger partial charge in [0.05, 0.1) is 17.6 Å². The molecule has 0 amide bonds. The number of hydrogen-bond donors (Lipinski definition) is 2. The number of pyridine rings is 1. The third-order valence-electron chi connectivity index (χ3n) is 3.99. The second kappa shape index (κ2) is 6.87. The van der Waals surface area contributed by atoms with Gasteiger partial charge in [-0.2, -0.15) is 0 Å². The second-order valence-electron chi connectivity index (χ2n) is 5.31. The number of aliphatic hydroxyl groups excluding tert-OH is 1. The number of anilines is 1. The first-order valence-electron chi connectivity index (χ1n) is 7.35. The maximum Gasteiger partial charge on any atom is 0.0572 e. The molecule has 0 saturated carbocycles. The first-order chi connectivity index (χ1) is 9.26. The highest BCUT2D eigenvalue weighted by molar-refractivity contribution is 5.47. The van der Waals surface area contributed by atoms with Gasteiger partial charge in [0.25, 0.3) is 0 Å². The first-order valence-corrected chi connectivity index (χ1v) is 7.35. The largest absolute Gasteiger partial charge is 0.396 e. The molecule has 106 valence electrons. The van der Waals surface area contributed by atoms with Crippen molar-refractivity contribution in [1.82, 2.24) is 4.98 Å². The van der Waals surface area contributed by atoms with Crippen molar-refractivity contribution in [2.24, 2.45) is 5.73 Å². The molecule has 1 saturated heterocycles. The van der Waals surface area contributed by atoms with Crippen LogP contribution in [0.15, 0.2) is 18.3 Å². The minimum Gasteiger partial charge on any atom is -0.396 e. The molecule has 0 spiro atoms. The number of nitrogens with two attached hydrogens (primary N) is 1. The van der Waals surface area contributed by atoms with Crippen molar-refractivity contribution >= 4 is 5.69 Å². The Balaban J connectivity index is 2.04. The van der Waals surface area contributed by atoms with Crippen LogP contribution in [0, 0.1) is 0 Å². The van der Waals surface area contributed by atoms with E-state index in [9.17, 15) is 0 Å². The summed E-state index contributed by atoms with van der Waals surface area (Å²) in [6, 6.07) is 4.78. The number of aromatic nitrogens is 1.